The monoisotopic (exact) mass is 233 g/mol. The van der Waals surface area contributed by atoms with Gasteiger partial charge in [0, 0.05) is 19.3 Å². The lowest BCUT2D eigenvalue weighted by Gasteiger charge is -2.25. The molecule has 2 heterocycles. The Morgan fingerprint density at radius 3 is 2.76 bits per heavy atom. The molecule has 2 rings (SSSR count). The number of nitrogens with zero attached hydrogens (tertiary/aromatic N) is 3. The van der Waals surface area contributed by atoms with E-state index in [1.54, 1.807) is 6.92 Å². The van der Waals surface area contributed by atoms with Gasteiger partial charge in [-0.3, -0.25) is 0 Å². The van der Waals surface area contributed by atoms with Crippen molar-refractivity contribution in [3.63, 3.8) is 0 Å². The van der Waals surface area contributed by atoms with Crippen LogP contribution in [0.3, 0.4) is 0 Å². The first-order valence-electron chi connectivity index (χ1n) is 5.55. The van der Waals surface area contributed by atoms with Crippen LogP contribution in [0.2, 0.25) is 0 Å². The average molecular weight is 233 g/mol. The highest BCUT2D eigenvalue weighted by Gasteiger charge is 2.15. The molecule has 0 atom stereocenters. The molecule has 1 N–H and O–H groups in total. The lowest BCUT2D eigenvalue weighted by atomic mass is 10.1. The summed E-state index contributed by atoms with van der Waals surface area (Å²) in [7, 11) is 0. The molecule has 1 aromatic rings. The highest BCUT2D eigenvalue weighted by Crippen LogP contribution is 2.16. The number of aryl methyl sites for hydroxylation is 1. The van der Waals surface area contributed by atoms with E-state index in [1.165, 1.54) is 11.8 Å². The summed E-state index contributed by atoms with van der Waals surface area (Å²) in [6.07, 6.45) is 4.53. The predicted octanol–water partition coefficient (Wildman–Crippen LogP) is 1.64. The van der Waals surface area contributed by atoms with Gasteiger partial charge in [0.2, 0.25) is 5.95 Å². The summed E-state index contributed by atoms with van der Waals surface area (Å²) >= 11 is 0. The molecule has 17 heavy (non-hydrogen) atoms. The maximum atomic E-state index is 10.8. The third-order valence-corrected chi connectivity index (χ3v) is 2.92. The van der Waals surface area contributed by atoms with Crippen molar-refractivity contribution in [2.45, 2.75) is 20.3 Å². The highest BCUT2D eigenvalue weighted by atomic mass is 16.4. The van der Waals surface area contributed by atoms with Crippen molar-refractivity contribution in [1.82, 2.24) is 9.97 Å². The molecule has 0 radical (unpaired) electrons. The Bertz CT molecular complexity index is 483. The van der Waals surface area contributed by atoms with Gasteiger partial charge in [0.1, 0.15) is 0 Å². The number of hydrogen-bond donors (Lipinski definition) is 1. The van der Waals surface area contributed by atoms with Crippen molar-refractivity contribution < 1.29 is 9.90 Å². The molecule has 0 bridgehead atoms. The van der Waals surface area contributed by atoms with E-state index in [4.69, 9.17) is 5.11 Å². The van der Waals surface area contributed by atoms with E-state index >= 15 is 0 Å². The van der Waals surface area contributed by atoms with Gasteiger partial charge in [0.15, 0.2) is 0 Å². The summed E-state index contributed by atoms with van der Waals surface area (Å²) in [5.74, 6) is -0.375. The van der Waals surface area contributed by atoms with Crippen LogP contribution in [0.25, 0.3) is 0 Å². The first-order chi connectivity index (χ1) is 8.08. The molecule has 0 saturated carbocycles. The van der Waals surface area contributed by atoms with E-state index in [9.17, 15) is 4.79 Å². The van der Waals surface area contributed by atoms with Crippen LogP contribution in [-0.4, -0.2) is 34.1 Å². The number of aromatic nitrogens is 2. The normalized spacial score (nSPS) is 15.6. The first kappa shape index (κ1) is 11.6. The Morgan fingerprint density at radius 1 is 1.47 bits per heavy atom. The van der Waals surface area contributed by atoms with Gasteiger partial charge < -0.3 is 10.0 Å². The third kappa shape index (κ3) is 2.43. The topological polar surface area (TPSA) is 66.3 Å². The zero-order valence-corrected chi connectivity index (χ0v) is 9.97. The van der Waals surface area contributed by atoms with Gasteiger partial charge in [-0.1, -0.05) is 11.6 Å². The minimum Gasteiger partial charge on any atom is -0.478 e. The maximum absolute atomic E-state index is 10.8. The van der Waals surface area contributed by atoms with E-state index in [0.29, 0.717) is 11.6 Å². The predicted molar refractivity (Wildman–Crippen MR) is 64.3 cm³/mol. The Kier molecular flexibility index (Phi) is 3.08. The van der Waals surface area contributed by atoms with Crippen LogP contribution < -0.4 is 4.90 Å². The fourth-order valence-electron chi connectivity index (χ4n) is 1.77. The number of rotatable bonds is 2. The molecule has 0 aliphatic carbocycles. The highest BCUT2D eigenvalue weighted by molar-refractivity contribution is 5.88. The van der Waals surface area contributed by atoms with Gasteiger partial charge in [-0.15, -0.1) is 0 Å². The fraction of sp³-hybridized carbons (Fsp3) is 0.417. The van der Waals surface area contributed by atoms with Crippen LogP contribution in [0.4, 0.5) is 5.95 Å². The number of anilines is 1. The van der Waals surface area contributed by atoms with Crippen LogP contribution in [0.1, 0.15) is 29.4 Å². The number of carboxylic acids is 1. The lowest BCUT2D eigenvalue weighted by Crippen LogP contribution is -2.30. The van der Waals surface area contributed by atoms with Crippen LogP contribution >= 0.6 is 0 Å². The Balaban J connectivity index is 2.23. The van der Waals surface area contributed by atoms with E-state index < -0.39 is 5.97 Å². The zero-order chi connectivity index (χ0) is 12.4. The standard InChI is InChI=1S/C12H15N3O2/c1-8-3-5-15(6-4-8)12-13-7-10(11(16)17)9(2)14-12/h3,7H,4-6H2,1-2H3,(H,16,17). The van der Waals surface area contributed by atoms with Gasteiger partial charge in [0.25, 0.3) is 0 Å². The van der Waals surface area contributed by atoms with Crippen molar-refractivity contribution in [2.75, 3.05) is 18.0 Å². The van der Waals surface area contributed by atoms with Crippen LogP contribution in [0.5, 0.6) is 0 Å². The van der Waals surface area contributed by atoms with E-state index in [1.807, 2.05) is 4.90 Å². The summed E-state index contributed by atoms with van der Waals surface area (Å²) in [6, 6.07) is 0. The second kappa shape index (κ2) is 4.53. The fourth-order valence-corrected chi connectivity index (χ4v) is 1.77. The minimum atomic E-state index is -0.983. The molecule has 0 saturated heterocycles. The third-order valence-electron chi connectivity index (χ3n) is 2.92. The number of hydrogen-bond acceptors (Lipinski definition) is 4. The Labute approximate surface area is 99.8 Å². The van der Waals surface area contributed by atoms with Gasteiger partial charge in [-0.25, -0.2) is 14.8 Å². The first-order valence-corrected chi connectivity index (χ1v) is 5.55. The minimum absolute atomic E-state index is 0.164. The molecule has 1 aromatic heterocycles. The molecule has 5 nitrogen and oxygen atoms in total. The summed E-state index contributed by atoms with van der Waals surface area (Å²) in [6.45, 7) is 5.47. The van der Waals surface area contributed by atoms with Gasteiger partial charge >= 0.3 is 5.97 Å². The summed E-state index contributed by atoms with van der Waals surface area (Å²) in [4.78, 5) is 21.3. The summed E-state index contributed by atoms with van der Waals surface area (Å²) in [5.41, 5.74) is 2.05. The molecule has 1 aliphatic rings. The largest absolute Gasteiger partial charge is 0.478 e. The summed E-state index contributed by atoms with van der Waals surface area (Å²) < 4.78 is 0. The second-order valence-electron chi connectivity index (χ2n) is 4.22. The van der Waals surface area contributed by atoms with Gasteiger partial charge in [0.05, 0.1) is 11.3 Å². The van der Waals surface area contributed by atoms with Crippen LogP contribution in [-0.2, 0) is 0 Å². The number of carbonyl (C=O) groups is 1. The molecule has 5 heteroatoms. The molecular formula is C12H15N3O2. The van der Waals surface area contributed by atoms with Gasteiger partial charge in [-0.2, -0.15) is 0 Å². The quantitative estimate of drug-likeness (QED) is 0.786. The SMILES string of the molecule is CC1=CCN(c2ncc(C(=O)O)c(C)n2)CC1. The van der Waals surface area contributed by atoms with Crippen LogP contribution in [0.15, 0.2) is 17.8 Å². The summed E-state index contributed by atoms with van der Waals surface area (Å²) in [5, 5.41) is 8.90. The van der Waals surface area contributed by atoms with Crippen molar-refractivity contribution >= 4 is 11.9 Å². The van der Waals surface area contributed by atoms with Crippen molar-refractivity contribution in [3.05, 3.63) is 29.1 Å². The molecule has 0 unspecified atom stereocenters. The number of carboxylic acid groups (broad SMARTS) is 1. The molecule has 90 valence electrons. The smallest absolute Gasteiger partial charge is 0.339 e. The van der Waals surface area contributed by atoms with E-state index in [2.05, 4.69) is 23.0 Å². The van der Waals surface area contributed by atoms with E-state index in [-0.39, 0.29) is 5.56 Å². The lowest BCUT2D eigenvalue weighted by molar-refractivity contribution is 0.0695. The van der Waals surface area contributed by atoms with Crippen molar-refractivity contribution in [2.24, 2.45) is 0 Å². The van der Waals surface area contributed by atoms with Crippen molar-refractivity contribution in [1.29, 1.82) is 0 Å². The molecule has 0 fully saturated rings. The van der Waals surface area contributed by atoms with Gasteiger partial charge in [-0.05, 0) is 20.3 Å². The molecule has 0 spiro atoms. The molecule has 1 aliphatic heterocycles. The average Bonchev–Trinajstić information content (AvgIpc) is 2.29. The van der Waals surface area contributed by atoms with E-state index in [0.717, 1.165) is 19.5 Å². The Morgan fingerprint density at radius 2 is 2.24 bits per heavy atom. The zero-order valence-electron chi connectivity index (χ0n) is 9.97. The number of aromatic carboxylic acids is 1. The maximum Gasteiger partial charge on any atom is 0.339 e. The molecular weight excluding hydrogens is 218 g/mol. The molecule has 0 aromatic carbocycles. The van der Waals surface area contributed by atoms with Crippen molar-refractivity contribution in [3.8, 4) is 0 Å². The van der Waals surface area contributed by atoms with Crippen LogP contribution in [0, 0.1) is 6.92 Å². The Hall–Kier alpha value is -1.91. The molecule has 0 amide bonds. The second-order valence-corrected chi connectivity index (χ2v) is 4.22.